The molecule has 9 heteroatoms. The van der Waals surface area contributed by atoms with Gasteiger partial charge in [-0.15, -0.1) is 0 Å². The van der Waals surface area contributed by atoms with Gasteiger partial charge >= 0.3 is 0 Å². The molecule has 114 valence electrons. The number of nitrogens with zero attached hydrogens (tertiary/aromatic N) is 1. The van der Waals surface area contributed by atoms with Crippen LogP contribution in [0.2, 0.25) is 10.0 Å². The highest BCUT2D eigenvalue weighted by atomic mass is 35.5. The van der Waals surface area contributed by atoms with E-state index in [0.717, 1.165) is 19.2 Å². The quantitative estimate of drug-likeness (QED) is 0.631. The second-order valence-electron chi connectivity index (χ2n) is 4.17. The molecule has 0 aliphatic heterocycles. The van der Waals surface area contributed by atoms with Crippen molar-refractivity contribution in [3.05, 3.63) is 16.1 Å². The zero-order valence-electron chi connectivity index (χ0n) is 11.3. The monoisotopic (exact) mass is 340 g/mol. The lowest BCUT2D eigenvalue weighted by molar-refractivity contribution is 0.589. The summed E-state index contributed by atoms with van der Waals surface area (Å²) in [6.45, 7) is 3.40. The van der Waals surface area contributed by atoms with Crippen molar-refractivity contribution in [3.63, 3.8) is 0 Å². The summed E-state index contributed by atoms with van der Waals surface area (Å²) in [5.41, 5.74) is 0. The number of pyridine rings is 1. The molecule has 0 atom stereocenters. The number of nitrogens with one attached hydrogen (secondary N) is 3. The van der Waals surface area contributed by atoms with E-state index in [1.165, 1.54) is 0 Å². The molecule has 0 amide bonds. The van der Waals surface area contributed by atoms with Gasteiger partial charge < -0.3 is 10.6 Å². The second-order valence-corrected chi connectivity index (χ2v) is 6.82. The maximum Gasteiger partial charge on any atom is 0.208 e. The summed E-state index contributed by atoms with van der Waals surface area (Å²) in [5, 5.41) is 6.89. The lowest BCUT2D eigenvalue weighted by Crippen LogP contribution is -2.27. The van der Waals surface area contributed by atoms with E-state index >= 15 is 0 Å². The van der Waals surface area contributed by atoms with E-state index in [1.807, 2.05) is 6.92 Å². The first-order valence-corrected chi connectivity index (χ1v) is 8.76. The fourth-order valence-corrected chi connectivity index (χ4v) is 2.34. The van der Waals surface area contributed by atoms with E-state index in [4.69, 9.17) is 23.2 Å². The minimum atomic E-state index is -3.19. The summed E-state index contributed by atoms with van der Waals surface area (Å²) in [4.78, 5) is 4.28. The highest BCUT2D eigenvalue weighted by molar-refractivity contribution is 7.88. The Morgan fingerprint density at radius 1 is 1.10 bits per heavy atom. The van der Waals surface area contributed by atoms with Crippen molar-refractivity contribution in [1.29, 1.82) is 0 Å². The number of sulfonamides is 1. The van der Waals surface area contributed by atoms with E-state index in [9.17, 15) is 8.42 Å². The fourth-order valence-electron chi connectivity index (χ4n) is 1.38. The van der Waals surface area contributed by atoms with Crippen molar-refractivity contribution in [2.75, 3.05) is 36.5 Å². The van der Waals surface area contributed by atoms with Crippen LogP contribution < -0.4 is 15.4 Å². The zero-order chi connectivity index (χ0) is 15.2. The third-order valence-corrected chi connectivity index (χ3v) is 3.56. The number of hydrogen-bond donors (Lipinski definition) is 3. The topological polar surface area (TPSA) is 83.1 Å². The maximum atomic E-state index is 10.9. The normalized spacial score (nSPS) is 11.4. The van der Waals surface area contributed by atoms with Crippen molar-refractivity contribution >= 4 is 44.9 Å². The Morgan fingerprint density at radius 3 is 2.15 bits per heavy atom. The Kier molecular flexibility index (Phi) is 6.81. The molecular weight excluding hydrogens is 323 g/mol. The van der Waals surface area contributed by atoms with E-state index in [0.29, 0.717) is 28.2 Å². The summed E-state index contributed by atoms with van der Waals surface area (Å²) in [7, 11) is -3.19. The van der Waals surface area contributed by atoms with Crippen LogP contribution in [0.5, 0.6) is 0 Å². The van der Waals surface area contributed by atoms with Crippen molar-refractivity contribution in [1.82, 2.24) is 9.71 Å². The van der Waals surface area contributed by atoms with E-state index in [-0.39, 0.29) is 6.54 Å². The number of hydrogen-bond acceptors (Lipinski definition) is 5. The highest BCUT2D eigenvalue weighted by Gasteiger charge is 2.09. The first-order chi connectivity index (χ1) is 9.33. The third kappa shape index (κ3) is 6.13. The molecule has 0 fully saturated rings. The van der Waals surface area contributed by atoms with Gasteiger partial charge in [0, 0.05) is 19.6 Å². The second kappa shape index (κ2) is 7.87. The molecule has 1 aromatic heterocycles. The minimum absolute atomic E-state index is 0.247. The molecule has 3 N–H and O–H groups in total. The van der Waals surface area contributed by atoms with Crippen molar-refractivity contribution in [3.8, 4) is 0 Å². The van der Waals surface area contributed by atoms with Crippen molar-refractivity contribution < 1.29 is 8.42 Å². The predicted octanol–water partition coefficient (Wildman–Crippen LogP) is 2.17. The molecule has 0 spiro atoms. The summed E-state index contributed by atoms with van der Waals surface area (Å²) in [6, 6.07) is 1.60. The van der Waals surface area contributed by atoms with Gasteiger partial charge in [0.1, 0.15) is 11.6 Å². The lowest BCUT2D eigenvalue weighted by Gasteiger charge is -2.12. The maximum absolute atomic E-state index is 10.9. The van der Waals surface area contributed by atoms with E-state index < -0.39 is 10.0 Å². The van der Waals surface area contributed by atoms with Crippen LogP contribution in [-0.2, 0) is 10.0 Å². The molecular formula is C11H18Cl2N4O2S. The lowest BCUT2D eigenvalue weighted by atomic mass is 10.4. The molecule has 0 unspecified atom stereocenters. The third-order valence-electron chi connectivity index (χ3n) is 2.25. The van der Waals surface area contributed by atoms with Gasteiger partial charge in [-0.25, -0.2) is 18.1 Å². The Hall–Kier alpha value is -0.760. The zero-order valence-corrected chi connectivity index (χ0v) is 13.7. The molecule has 0 aromatic carbocycles. The SMILES string of the molecule is CCCNc1nc(NCCNS(C)(=O)=O)c(Cl)cc1Cl. The molecule has 0 aliphatic rings. The Balaban J connectivity index is 2.64. The van der Waals surface area contributed by atoms with Crippen LogP contribution in [-0.4, -0.2) is 39.3 Å². The molecule has 0 saturated heterocycles. The molecule has 0 radical (unpaired) electrons. The fraction of sp³-hybridized carbons (Fsp3) is 0.545. The Labute approximate surface area is 129 Å². The summed E-state index contributed by atoms with van der Waals surface area (Å²) >= 11 is 12.1. The number of aromatic nitrogens is 1. The number of halogens is 2. The smallest absolute Gasteiger partial charge is 0.208 e. The minimum Gasteiger partial charge on any atom is -0.369 e. The number of anilines is 2. The van der Waals surface area contributed by atoms with Gasteiger partial charge in [0.25, 0.3) is 0 Å². The number of rotatable bonds is 8. The van der Waals surface area contributed by atoms with Crippen molar-refractivity contribution in [2.24, 2.45) is 0 Å². The van der Waals surface area contributed by atoms with Crippen LogP contribution in [0.3, 0.4) is 0 Å². The van der Waals surface area contributed by atoms with E-state index in [2.05, 4.69) is 20.3 Å². The highest BCUT2D eigenvalue weighted by Crippen LogP contribution is 2.28. The molecule has 0 bridgehead atoms. The largest absolute Gasteiger partial charge is 0.369 e. The Bertz CT molecular complexity index is 552. The first kappa shape index (κ1) is 17.3. The van der Waals surface area contributed by atoms with Crippen LogP contribution in [0.1, 0.15) is 13.3 Å². The molecule has 1 rings (SSSR count). The van der Waals surface area contributed by atoms with Gasteiger partial charge in [0.2, 0.25) is 10.0 Å². The van der Waals surface area contributed by atoms with Gasteiger partial charge in [0.05, 0.1) is 16.3 Å². The molecule has 1 heterocycles. The molecule has 1 aromatic rings. The Morgan fingerprint density at radius 2 is 1.65 bits per heavy atom. The molecule has 20 heavy (non-hydrogen) atoms. The van der Waals surface area contributed by atoms with E-state index in [1.54, 1.807) is 6.07 Å². The summed E-state index contributed by atoms with van der Waals surface area (Å²) < 4.78 is 24.2. The van der Waals surface area contributed by atoms with Crippen LogP contribution >= 0.6 is 23.2 Å². The van der Waals surface area contributed by atoms with Crippen LogP contribution in [0.4, 0.5) is 11.6 Å². The van der Waals surface area contributed by atoms with Crippen molar-refractivity contribution in [2.45, 2.75) is 13.3 Å². The van der Waals surface area contributed by atoms with Gasteiger partial charge in [-0.05, 0) is 12.5 Å². The average molecular weight is 341 g/mol. The average Bonchev–Trinajstić information content (AvgIpc) is 2.34. The summed E-state index contributed by atoms with van der Waals surface area (Å²) in [5.74, 6) is 1.02. The van der Waals surface area contributed by atoms with Crippen LogP contribution in [0, 0.1) is 0 Å². The molecule has 0 aliphatic carbocycles. The predicted molar refractivity (Wildman–Crippen MR) is 84.4 cm³/mol. The summed E-state index contributed by atoms with van der Waals surface area (Å²) in [6.07, 6.45) is 2.05. The first-order valence-electron chi connectivity index (χ1n) is 6.12. The van der Waals surface area contributed by atoms with Gasteiger partial charge in [-0.1, -0.05) is 30.1 Å². The van der Waals surface area contributed by atoms with Crippen LogP contribution in [0.25, 0.3) is 0 Å². The van der Waals surface area contributed by atoms with Gasteiger partial charge in [-0.3, -0.25) is 0 Å². The molecule has 0 saturated carbocycles. The molecule has 6 nitrogen and oxygen atoms in total. The van der Waals surface area contributed by atoms with Gasteiger partial charge in [0.15, 0.2) is 0 Å². The standard InChI is InChI=1S/C11H18Cl2N4O2S/c1-3-4-14-10-8(12)7-9(13)11(17-10)15-5-6-16-20(2,18)19/h7,16H,3-6H2,1-2H3,(H2,14,15,17). The van der Waals surface area contributed by atoms with Gasteiger partial charge in [-0.2, -0.15) is 0 Å². The van der Waals surface area contributed by atoms with Crippen LogP contribution in [0.15, 0.2) is 6.07 Å².